The monoisotopic (exact) mass is 517 g/mol. The molecule has 3 aromatic heterocycles. The van der Waals surface area contributed by atoms with E-state index in [1.165, 1.54) is 9.25 Å². The summed E-state index contributed by atoms with van der Waals surface area (Å²) in [6, 6.07) is 11.5. The Morgan fingerprint density at radius 3 is 2.58 bits per heavy atom. The van der Waals surface area contributed by atoms with E-state index in [0.717, 1.165) is 11.1 Å². The summed E-state index contributed by atoms with van der Waals surface area (Å²) in [5.74, 6) is 0.0209. The predicted octanol–water partition coefficient (Wildman–Crippen LogP) is 2.46. The van der Waals surface area contributed by atoms with Crippen LogP contribution in [-0.2, 0) is 31.2 Å². The molecule has 198 valence electrons. The molecule has 0 unspecified atom stereocenters. The number of amides is 2. The lowest BCUT2D eigenvalue weighted by atomic mass is 10.1. The van der Waals surface area contributed by atoms with E-state index in [0.29, 0.717) is 47.8 Å². The third-order valence-corrected chi connectivity index (χ3v) is 6.51. The minimum absolute atomic E-state index is 0.189. The lowest BCUT2D eigenvalue weighted by molar-refractivity contribution is 0.0218. The van der Waals surface area contributed by atoms with Gasteiger partial charge in [0.25, 0.3) is 11.5 Å². The molecular weight excluding hydrogens is 486 g/mol. The second-order valence-corrected chi connectivity index (χ2v) is 10.4. The highest BCUT2D eigenvalue weighted by molar-refractivity contribution is 5.92. The van der Waals surface area contributed by atoms with Crippen LogP contribution in [0.4, 0.5) is 4.79 Å². The fourth-order valence-corrected chi connectivity index (χ4v) is 4.75. The van der Waals surface area contributed by atoms with Crippen molar-refractivity contribution < 1.29 is 14.3 Å². The standard InChI is InChI=1S/C27H31N7O4/c1-27(2,3)38-26(37)32-12-11-19-21(16-32)34-24(18(15-29-34)13-17-9-7-6-8-10-17)33(25(19)36)22-14-20(23(35)28-4)31(5)30-22/h6-10,14-15H,11-13,16H2,1-5H3,(H,28,35). The third-order valence-electron chi connectivity index (χ3n) is 6.51. The lowest BCUT2D eigenvalue weighted by Crippen LogP contribution is -2.43. The van der Waals surface area contributed by atoms with Crippen LogP contribution >= 0.6 is 0 Å². The third kappa shape index (κ3) is 4.55. The van der Waals surface area contributed by atoms with Gasteiger partial charge in [0.05, 0.1) is 18.4 Å². The van der Waals surface area contributed by atoms with Crippen molar-refractivity contribution in [2.24, 2.45) is 7.05 Å². The zero-order chi connectivity index (χ0) is 27.2. The van der Waals surface area contributed by atoms with Crippen molar-refractivity contribution in [1.82, 2.24) is 34.2 Å². The highest BCUT2D eigenvalue weighted by Gasteiger charge is 2.31. The van der Waals surface area contributed by atoms with Crippen LogP contribution < -0.4 is 10.9 Å². The molecule has 0 bridgehead atoms. The van der Waals surface area contributed by atoms with Crippen molar-refractivity contribution in [2.75, 3.05) is 13.6 Å². The molecule has 1 aliphatic rings. The molecule has 0 aliphatic carbocycles. The van der Waals surface area contributed by atoms with Crippen LogP contribution in [-0.4, -0.2) is 60.1 Å². The van der Waals surface area contributed by atoms with E-state index in [1.54, 1.807) is 35.8 Å². The van der Waals surface area contributed by atoms with Gasteiger partial charge in [-0.3, -0.25) is 14.3 Å². The maximum atomic E-state index is 14.0. The van der Waals surface area contributed by atoms with Crippen LogP contribution in [0, 0.1) is 0 Å². The van der Waals surface area contributed by atoms with Gasteiger partial charge in [-0.2, -0.15) is 10.2 Å². The Morgan fingerprint density at radius 2 is 1.89 bits per heavy atom. The molecule has 4 aromatic rings. The molecule has 1 aliphatic heterocycles. The van der Waals surface area contributed by atoms with E-state index in [2.05, 4.69) is 15.5 Å². The van der Waals surface area contributed by atoms with Gasteiger partial charge >= 0.3 is 6.09 Å². The van der Waals surface area contributed by atoms with E-state index < -0.39 is 11.7 Å². The van der Waals surface area contributed by atoms with Crippen molar-refractivity contribution in [1.29, 1.82) is 0 Å². The first-order valence-corrected chi connectivity index (χ1v) is 12.5. The molecule has 11 heteroatoms. The number of hydrogen-bond donors (Lipinski definition) is 1. The van der Waals surface area contributed by atoms with E-state index in [-0.39, 0.29) is 18.0 Å². The summed E-state index contributed by atoms with van der Waals surface area (Å²) in [5.41, 5.74) is 3.06. The van der Waals surface area contributed by atoms with Crippen LogP contribution in [0.2, 0.25) is 0 Å². The maximum Gasteiger partial charge on any atom is 0.410 e. The first-order chi connectivity index (χ1) is 18.1. The Morgan fingerprint density at radius 1 is 1.16 bits per heavy atom. The Hall–Kier alpha value is -4.41. The van der Waals surface area contributed by atoms with Gasteiger partial charge in [-0.25, -0.2) is 13.9 Å². The van der Waals surface area contributed by atoms with Gasteiger partial charge in [-0.05, 0) is 32.8 Å². The van der Waals surface area contributed by atoms with Crippen LogP contribution in [0.1, 0.15) is 53.6 Å². The normalized spacial score (nSPS) is 13.4. The zero-order valence-electron chi connectivity index (χ0n) is 22.2. The summed E-state index contributed by atoms with van der Waals surface area (Å²) in [5, 5.41) is 11.8. The van der Waals surface area contributed by atoms with Crippen molar-refractivity contribution in [3.05, 3.63) is 81.0 Å². The fraction of sp³-hybridized carbons (Fsp3) is 0.370. The number of aryl methyl sites for hydroxylation is 1. The van der Waals surface area contributed by atoms with Crippen LogP contribution in [0.15, 0.2) is 47.4 Å². The molecule has 5 rings (SSSR count). The van der Waals surface area contributed by atoms with E-state index in [1.807, 2.05) is 51.1 Å². The molecule has 2 amide bonds. The summed E-state index contributed by atoms with van der Waals surface area (Å²) in [7, 11) is 3.21. The first kappa shape index (κ1) is 25.2. The molecule has 0 saturated carbocycles. The molecular formula is C27H31N7O4. The number of nitrogens with one attached hydrogen (secondary N) is 1. The van der Waals surface area contributed by atoms with Gasteiger partial charge in [0.1, 0.15) is 16.9 Å². The predicted molar refractivity (Wildman–Crippen MR) is 141 cm³/mol. The molecule has 0 saturated heterocycles. The van der Waals surface area contributed by atoms with Crippen LogP contribution in [0.5, 0.6) is 0 Å². The molecule has 4 heterocycles. The SMILES string of the molecule is CNC(=O)c1cc(-n2c(=O)c3c(n4ncc(Cc5ccccc5)c24)CN(C(=O)OC(C)(C)C)CC3)nn1C. The largest absolute Gasteiger partial charge is 0.444 e. The van der Waals surface area contributed by atoms with Gasteiger partial charge in [-0.1, -0.05) is 30.3 Å². The van der Waals surface area contributed by atoms with Crippen LogP contribution in [0.25, 0.3) is 11.5 Å². The summed E-state index contributed by atoms with van der Waals surface area (Å²) >= 11 is 0. The smallest absolute Gasteiger partial charge is 0.410 e. The summed E-state index contributed by atoms with van der Waals surface area (Å²) in [6.07, 6.45) is 2.19. The molecule has 0 spiro atoms. The number of carbonyl (C=O) groups is 2. The number of ether oxygens (including phenoxy) is 1. The van der Waals surface area contributed by atoms with Gasteiger partial charge in [-0.15, -0.1) is 0 Å². The van der Waals surface area contributed by atoms with E-state index in [4.69, 9.17) is 4.74 Å². The minimum Gasteiger partial charge on any atom is -0.444 e. The zero-order valence-corrected chi connectivity index (χ0v) is 22.2. The van der Waals surface area contributed by atoms with Gasteiger partial charge < -0.3 is 15.0 Å². The molecule has 1 N–H and O–H groups in total. The molecule has 0 atom stereocenters. The minimum atomic E-state index is -0.633. The van der Waals surface area contributed by atoms with Gasteiger partial charge in [0.2, 0.25) is 0 Å². The quantitative estimate of drug-likeness (QED) is 0.445. The number of aromatic nitrogens is 5. The number of carbonyl (C=O) groups excluding carboxylic acids is 2. The Labute approximate surface area is 219 Å². The second-order valence-electron chi connectivity index (χ2n) is 10.4. The molecule has 0 radical (unpaired) electrons. The summed E-state index contributed by atoms with van der Waals surface area (Å²) in [6.45, 7) is 6.00. The summed E-state index contributed by atoms with van der Waals surface area (Å²) < 4.78 is 10.3. The lowest BCUT2D eigenvalue weighted by Gasteiger charge is -2.31. The van der Waals surface area contributed by atoms with Crippen molar-refractivity contribution in [3.63, 3.8) is 0 Å². The number of benzene rings is 1. The van der Waals surface area contributed by atoms with Crippen LogP contribution in [0.3, 0.4) is 0 Å². The number of rotatable bonds is 4. The highest BCUT2D eigenvalue weighted by atomic mass is 16.6. The summed E-state index contributed by atoms with van der Waals surface area (Å²) in [4.78, 5) is 40.9. The maximum absolute atomic E-state index is 14.0. The topological polar surface area (TPSA) is 116 Å². The Bertz CT molecular complexity index is 1590. The number of fused-ring (bicyclic) bond motifs is 3. The van der Waals surface area contributed by atoms with Crippen molar-refractivity contribution >= 4 is 17.6 Å². The fourth-order valence-electron chi connectivity index (χ4n) is 4.75. The number of hydrogen-bond acceptors (Lipinski definition) is 6. The highest BCUT2D eigenvalue weighted by Crippen LogP contribution is 2.25. The number of nitrogens with zero attached hydrogens (tertiary/aromatic N) is 6. The second kappa shape index (κ2) is 9.47. The van der Waals surface area contributed by atoms with Crippen molar-refractivity contribution in [3.8, 4) is 5.82 Å². The van der Waals surface area contributed by atoms with E-state index >= 15 is 0 Å². The first-order valence-electron chi connectivity index (χ1n) is 12.5. The molecule has 0 fully saturated rings. The Kier molecular flexibility index (Phi) is 6.29. The van der Waals surface area contributed by atoms with Crippen molar-refractivity contribution in [2.45, 2.75) is 45.8 Å². The average molecular weight is 518 g/mol. The van der Waals surface area contributed by atoms with Gasteiger partial charge in [0.15, 0.2) is 5.82 Å². The molecule has 11 nitrogen and oxygen atoms in total. The average Bonchev–Trinajstić information content (AvgIpc) is 3.47. The molecule has 38 heavy (non-hydrogen) atoms. The Balaban J connectivity index is 1.69. The van der Waals surface area contributed by atoms with Gasteiger partial charge in [0, 0.05) is 44.3 Å². The molecule has 1 aromatic carbocycles. The van der Waals surface area contributed by atoms with E-state index in [9.17, 15) is 14.4 Å².